The fourth-order valence-corrected chi connectivity index (χ4v) is 5.99. The molecular formula is C32H30ClN7O2. The summed E-state index contributed by atoms with van der Waals surface area (Å²) in [7, 11) is 3.66. The molecular weight excluding hydrogens is 550 g/mol. The molecule has 0 bridgehead atoms. The minimum Gasteiger partial charge on any atom is -0.370 e. The van der Waals surface area contributed by atoms with Crippen LogP contribution in [0.25, 0.3) is 11.6 Å². The van der Waals surface area contributed by atoms with E-state index < -0.39 is 0 Å². The molecule has 42 heavy (non-hydrogen) atoms. The van der Waals surface area contributed by atoms with Gasteiger partial charge in [-0.25, -0.2) is 9.78 Å². The molecule has 4 aromatic rings. The van der Waals surface area contributed by atoms with Crippen molar-refractivity contribution in [3.63, 3.8) is 0 Å². The Morgan fingerprint density at radius 2 is 1.93 bits per heavy atom. The molecule has 1 aliphatic carbocycles. The molecule has 1 saturated heterocycles. The zero-order valence-corrected chi connectivity index (χ0v) is 24.1. The largest absolute Gasteiger partial charge is 0.370 e. The molecule has 1 N–H and O–H groups in total. The first kappa shape index (κ1) is 27.7. The molecule has 212 valence electrons. The first-order valence-corrected chi connectivity index (χ1v) is 14.1. The second-order valence-electron chi connectivity index (χ2n) is 10.4. The summed E-state index contributed by atoms with van der Waals surface area (Å²) in [5.74, 6) is 0. The van der Waals surface area contributed by atoms with E-state index in [1.54, 1.807) is 37.7 Å². The summed E-state index contributed by atoms with van der Waals surface area (Å²) in [6, 6.07) is 18.7. The van der Waals surface area contributed by atoms with Crippen molar-refractivity contribution in [3.8, 4) is 6.07 Å². The molecule has 9 nitrogen and oxygen atoms in total. The number of ether oxygens (including phenoxy) is 1. The molecule has 2 unspecified atom stereocenters. The molecule has 0 spiro atoms. The monoisotopic (exact) mass is 579 g/mol. The maximum absolute atomic E-state index is 13.1. The number of aromatic nitrogens is 3. The van der Waals surface area contributed by atoms with Gasteiger partial charge in [0.2, 0.25) is 0 Å². The molecule has 10 heteroatoms. The summed E-state index contributed by atoms with van der Waals surface area (Å²) in [4.78, 5) is 26.5. The van der Waals surface area contributed by atoms with E-state index in [0.29, 0.717) is 42.5 Å². The summed E-state index contributed by atoms with van der Waals surface area (Å²) in [5, 5.41) is 12.6. The number of amides is 2. The van der Waals surface area contributed by atoms with E-state index in [-0.39, 0.29) is 18.2 Å². The lowest BCUT2D eigenvalue weighted by molar-refractivity contribution is 0.124. The number of nitrogens with one attached hydrogen (secondary N) is 1. The van der Waals surface area contributed by atoms with Gasteiger partial charge in [-0.3, -0.25) is 9.88 Å². The lowest BCUT2D eigenvalue weighted by Crippen LogP contribution is -2.51. The average molecular weight is 580 g/mol. The fourth-order valence-electron chi connectivity index (χ4n) is 5.82. The van der Waals surface area contributed by atoms with Gasteiger partial charge in [-0.15, -0.1) is 0 Å². The van der Waals surface area contributed by atoms with Crippen LogP contribution in [0.5, 0.6) is 0 Å². The highest BCUT2D eigenvalue weighted by Crippen LogP contribution is 2.45. The Morgan fingerprint density at radius 3 is 2.62 bits per heavy atom. The van der Waals surface area contributed by atoms with E-state index in [1.807, 2.05) is 47.1 Å². The van der Waals surface area contributed by atoms with Crippen molar-refractivity contribution >= 4 is 35.0 Å². The molecule has 2 aromatic heterocycles. The molecule has 1 aliphatic heterocycles. The number of imidazole rings is 1. The fraction of sp³-hybridized carbons (Fsp3) is 0.250. The maximum atomic E-state index is 13.1. The average Bonchev–Trinajstić information content (AvgIpc) is 3.38. The van der Waals surface area contributed by atoms with Crippen LogP contribution >= 0.6 is 11.6 Å². The molecule has 1 fully saturated rings. The van der Waals surface area contributed by atoms with E-state index in [2.05, 4.69) is 39.5 Å². The van der Waals surface area contributed by atoms with Gasteiger partial charge in [-0.05, 0) is 70.8 Å². The van der Waals surface area contributed by atoms with E-state index in [0.717, 1.165) is 33.7 Å². The standard InChI is InChI=1S/C32H30ClN7O2/c1-38-20-35-19-28(38)31(42-2)27-16-22-4-3-11-36-29(22)30(25-10-7-23(33)17-26(25)27)39-12-14-40(15-13-39)32(41)37-24-8-5-21(18-34)6-9-24/h3-11,16-17,19-20,30-31H,12-15H2,1-2H3,(H,37,41). The van der Waals surface area contributed by atoms with Crippen molar-refractivity contribution in [1.29, 1.82) is 5.26 Å². The Labute approximate surface area is 249 Å². The second-order valence-corrected chi connectivity index (χ2v) is 10.8. The minimum absolute atomic E-state index is 0.144. The van der Waals surface area contributed by atoms with Crippen LogP contribution in [0, 0.1) is 11.3 Å². The van der Waals surface area contributed by atoms with Gasteiger partial charge in [0.25, 0.3) is 0 Å². The molecule has 2 aromatic carbocycles. The number of nitriles is 1. The summed E-state index contributed by atoms with van der Waals surface area (Å²) in [6.07, 6.45) is 7.21. The number of rotatable bonds is 5. The zero-order chi connectivity index (χ0) is 29.2. The number of hydrogen-bond donors (Lipinski definition) is 1. The van der Waals surface area contributed by atoms with E-state index >= 15 is 0 Å². The number of fused-ring (bicyclic) bond motifs is 2. The number of hydrogen-bond acceptors (Lipinski definition) is 6. The Hall–Kier alpha value is -4.49. The van der Waals surface area contributed by atoms with Crippen LogP contribution in [0.2, 0.25) is 5.02 Å². The van der Waals surface area contributed by atoms with Crippen molar-refractivity contribution in [2.45, 2.75) is 12.1 Å². The van der Waals surface area contributed by atoms with Crippen LogP contribution in [0.3, 0.4) is 0 Å². The number of halogens is 1. The van der Waals surface area contributed by atoms with Gasteiger partial charge in [-0.2, -0.15) is 5.26 Å². The number of aryl methyl sites for hydroxylation is 1. The topological polar surface area (TPSA) is 99.3 Å². The van der Waals surface area contributed by atoms with Gasteiger partial charge in [0.15, 0.2) is 0 Å². The first-order chi connectivity index (χ1) is 20.5. The Kier molecular flexibility index (Phi) is 7.76. The number of carbonyl (C=O) groups is 1. The predicted octanol–water partition coefficient (Wildman–Crippen LogP) is 5.52. The van der Waals surface area contributed by atoms with Crippen molar-refractivity contribution in [2.24, 2.45) is 7.05 Å². The van der Waals surface area contributed by atoms with Crippen LogP contribution in [0.1, 0.15) is 45.8 Å². The number of nitrogens with zero attached hydrogens (tertiary/aromatic N) is 6. The molecule has 0 radical (unpaired) electrons. The molecule has 2 aliphatic rings. The number of piperazine rings is 1. The van der Waals surface area contributed by atoms with E-state index in [1.165, 1.54) is 0 Å². The molecule has 2 atom stereocenters. The third-order valence-electron chi connectivity index (χ3n) is 7.93. The molecule has 3 heterocycles. The Morgan fingerprint density at radius 1 is 1.14 bits per heavy atom. The highest BCUT2D eigenvalue weighted by atomic mass is 35.5. The van der Waals surface area contributed by atoms with Crippen LogP contribution in [-0.4, -0.2) is 63.7 Å². The third-order valence-corrected chi connectivity index (χ3v) is 8.17. The van der Waals surface area contributed by atoms with Gasteiger partial charge < -0.3 is 19.5 Å². The maximum Gasteiger partial charge on any atom is 0.321 e. The van der Waals surface area contributed by atoms with Crippen molar-refractivity contribution in [3.05, 3.63) is 112 Å². The van der Waals surface area contributed by atoms with Gasteiger partial charge in [0, 0.05) is 57.2 Å². The smallest absolute Gasteiger partial charge is 0.321 e. The summed E-state index contributed by atoms with van der Waals surface area (Å²) in [5.41, 5.74) is 7.17. The lowest BCUT2D eigenvalue weighted by Gasteiger charge is -2.39. The summed E-state index contributed by atoms with van der Waals surface area (Å²) < 4.78 is 8.06. The zero-order valence-electron chi connectivity index (χ0n) is 23.4. The predicted molar refractivity (Wildman–Crippen MR) is 162 cm³/mol. The first-order valence-electron chi connectivity index (χ1n) is 13.7. The number of anilines is 1. The van der Waals surface area contributed by atoms with Crippen LogP contribution < -0.4 is 5.32 Å². The van der Waals surface area contributed by atoms with Gasteiger partial charge in [0.05, 0.1) is 41.6 Å². The summed E-state index contributed by atoms with van der Waals surface area (Å²) in [6.45, 7) is 2.43. The molecule has 2 amide bonds. The van der Waals surface area contributed by atoms with Crippen LogP contribution in [-0.2, 0) is 11.8 Å². The molecule has 0 saturated carbocycles. The van der Waals surface area contributed by atoms with E-state index in [9.17, 15) is 4.79 Å². The lowest BCUT2D eigenvalue weighted by atomic mass is 9.91. The van der Waals surface area contributed by atoms with Crippen molar-refractivity contribution < 1.29 is 9.53 Å². The number of urea groups is 1. The number of carbonyl (C=O) groups excluding carboxylic acids is 1. The summed E-state index contributed by atoms with van der Waals surface area (Å²) >= 11 is 6.60. The quantitative estimate of drug-likeness (QED) is 0.334. The second kappa shape index (κ2) is 11.8. The highest BCUT2D eigenvalue weighted by Gasteiger charge is 2.35. The van der Waals surface area contributed by atoms with Crippen molar-refractivity contribution in [1.82, 2.24) is 24.3 Å². The number of benzene rings is 2. The highest BCUT2D eigenvalue weighted by molar-refractivity contribution is 6.30. The van der Waals surface area contributed by atoms with Crippen LogP contribution in [0.4, 0.5) is 10.5 Å². The van der Waals surface area contributed by atoms with E-state index in [4.69, 9.17) is 26.6 Å². The SMILES string of the molecule is COC(C1=Cc2cccnc2C(N2CCN(C(=O)Nc3ccc(C#N)cc3)CC2)c2ccc(Cl)cc21)c1cncn1C. The minimum atomic E-state index is -0.371. The molecule has 6 rings (SSSR count). The number of methoxy groups -OCH3 is 1. The van der Waals surface area contributed by atoms with Gasteiger partial charge >= 0.3 is 6.03 Å². The third kappa shape index (κ3) is 5.28. The number of pyridine rings is 1. The Balaban J connectivity index is 1.31. The van der Waals surface area contributed by atoms with Crippen molar-refractivity contribution in [2.75, 3.05) is 38.6 Å². The van der Waals surface area contributed by atoms with Gasteiger partial charge in [-0.1, -0.05) is 23.7 Å². The Bertz CT molecular complexity index is 1680. The van der Waals surface area contributed by atoms with Crippen LogP contribution in [0.15, 0.2) is 73.3 Å². The van der Waals surface area contributed by atoms with Gasteiger partial charge in [0.1, 0.15) is 6.10 Å². The normalized spacial score (nSPS) is 17.3.